The predicted molar refractivity (Wildman–Crippen MR) is 50.6 cm³/mol. The third-order valence-electron chi connectivity index (χ3n) is 1.36. The third-order valence-corrected chi connectivity index (χ3v) is 1.36. The van der Waals surface area contributed by atoms with Gasteiger partial charge >= 0.3 is 0 Å². The second-order valence-electron chi connectivity index (χ2n) is 1.96. The molecule has 0 aliphatic carbocycles. The van der Waals surface area contributed by atoms with E-state index in [0.29, 0.717) is 0 Å². The molecular formula is C7H8Cl2N2. The quantitative estimate of drug-likeness (QED) is 0.680. The van der Waals surface area contributed by atoms with Gasteiger partial charge in [-0.1, -0.05) is 0 Å². The van der Waals surface area contributed by atoms with E-state index >= 15 is 0 Å². The molecule has 2 heterocycles. The van der Waals surface area contributed by atoms with Crippen molar-refractivity contribution in [2.24, 2.45) is 0 Å². The summed E-state index contributed by atoms with van der Waals surface area (Å²) >= 11 is 0. The third kappa shape index (κ3) is 1.85. The van der Waals surface area contributed by atoms with Gasteiger partial charge in [0.2, 0.25) is 0 Å². The number of pyridine rings is 1. The first kappa shape index (κ1) is 10.3. The highest BCUT2D eigenvalue weighted by Crippen LogP contribution is 2.08. The summed E-state index contributed by atoms with van der Waals surface area (Å²) in [5.41, 5.74) is 0. The Labute approximate surface area is 76.8 Å². The minimum atomic E-state index is 0. The molecule has 0 bridgehead atoms. The van der Waals surface area contributed by atoms with Crippen molar-refractivity contribution in [3.8, 4) is 0 Å². The fraction of sp³-hybridized carbons (Fsp3) is 0. The van der Waals surface area contributed by atoms with Crippen molar-refractivity contribution in [2.45, 2.75) is 0 Å². The molecular weight excluding hydrogens is 183 g/mol. The number of aromatic nitrogens is 2. The molecule has 2 aromatic rings. The number of aromatic amines is 1. The molecule has 0 saturated carbocycles. The van der Waals surface area contributed by atoms with Crippen molar-refractivity contribution in [3.63, 3.8) is 0 Å². The van der Waals surface area contributed by atoms with Crippen LogP contribution >= 0.6 is 24.8 Å². The van der Waals surface area contributed by atoms with Gasteiger partial charge in [0.25, 0.3) is 0 Å². The minimum Gasteiger partial charge on any atom is -0.366 e. The van der Waals surface area contributed by atoms with Crippen molar-refractivity contribution in [2.75, 3.05) is 0 Å². The van der Waals surface area contributed by atoms with E-state index in [1.54, 1.807) is 6.20 Å². The Balaban J connectivity index is 0.000000500. The summed E-state index contributed by atoms with van der Waals surface area (Å²) in [6.07, 6.45) is 7.52. The average Bonchev–Trinajstić information content (AvgIpc) is 2.33. The molecule has 0 atom stereocenters. The van der Waals surface area contributed by atoms with E-state index < -0.39 is 0 Å². The van der Waals surface area contributed by atoms with Crippen LogP contribution in [0.5, 0.6) is 0 Å². The molecule has 0 aliphatic heterocycles. The van der Waals surface area contributed by atoms with E-state index in [0.717, 1.165) is 5.39 Å². The normalized spacial score (nSPS) is 8.36. The Bertz CT molecular complexity index is 288. The van der Waals surface area contributed by atoms with Crippen LogP contribution in [0.4, 0.5) is 0 Å². The smallest absolute Gasteiger partial charge is 0.0361 e. The first-order valence-electron chi connectivity index (χ1n) is 2.83. The lowest BCUT2D eigenvalue weighted by Gasteiger charge is -1.81. The van der Waals surface area contributed by atoms with E-state index in [9.17, 15) is 0 Å². The number of hydrogen-bond donors (Lipinski definition) is 1. The van der Waals surface area contributed by atoms with Crippen LogP contribution in [0.1, 0.15) is 0 Å². The number of H-pyrrole nitrogens is 1. The predicted octanol–water partition coefficient (Wildman–Crippen LogP) is 2.41. The van der Waals surface area contributed by atoms with E-state index in [1.165, 1.54) is 5.39 Å². The summed E-state index contributed by atoms with van der Waals surface area (Å²) in [5, 5.41) is 2.38. The Morgan fingerprint density at radius 1 is 1.09 bits per heavy atom. The number of hydrogen-bond acceptors (Lipinski definition) is 1. The molecule has 0 radical (unpaired) electrons. The molecule has 4 heteroatoms. The number of halogens is 2. The summed E-state index contributed by atoms with van der Waals surface area (Å²) in [6.45, 7) is 0. The number of rotatable bonds is 0. The molecule has 2 aromatic heterocycles. The number of nitrogens with zero attached hydrogens (tertiary/aromatic N) is 1. The van der Waals surface area contributed by atoms with Gasteiger partial charge < -0.3 is 4.98 Å². The highest BCUT2D eigenvalue weighted by Gasteiger charge is 1.87. The Morgan fingerprint density at radius 3 is 2.55 bits per heavy atom. The lowest BCUT2D eigenvalue weighted by atomic mass is 10.3. The van der Waals surface area contributed by atoms with E-state index in [2.05, 4.69) is 9.97 Å². The maximum atomic E-state index is 3.97. The Kier molecular flexibility index (Phi) is 3.93. The highest BCUT2D eigenvalue weighted by atomic mass is 35.5. The van der Waals surface area contributed by atoms with Crippen molar-refractivity contribution >= 4 is 35.6 Å². The topological polar surface area (TPSA) is 28.7 Å². The minimum absolute atomic E-state index is 0. The van der Waals surface area contributed by atoms with Gasteiger partial charge in [0.1, 0.15) is 0 Å². The fourth-order valence-electron chi connectivity index (χ4n) is 0.891. The molecule has 0 amide bonds. The molecule has 0 aromatic carbocycles. The summed E-state index contributed by atoms with van der Waals surface area (Å²) in [7, 11) is 0. The number of fused-ring (bicyclic) bond motifs is 1. The molecule has 1 N–H and O–H groups in total. The zero-order chi connectivity index (χ0) is 6.10. The first-order chi connectivity index (χ1) is 4.47. The monoisotopic (exact) mass is 190 g/mol. The Morgan fingerprint density at radius 2 is 1.82 bits per heavy atom. The van der Waals surface area contributed by atoms with Crippen LogP contribution in [-0.2, 0) is 0 Å². The molecule has 60 valence electrons. The van der Waals surface area contributed by atoms with Crippen LogP contribution in [0, 0.1) is 0 Å². The van der Waals surface area contributed by atoms with E-state index in [4.69, 9.17) is 0 Å². The molecule has 0 aliphatic rings. The maximum absolute atomic E-state index is 3.97. The van der Waals surface area contributed by atoms with Crippen LogP contribution in [0.3, 0.4) is 0 Å². The largest absolute Gasteiger partial charge is 0.366 e. The lowest BCUT2D eigenvalue weighted by molar-refractivity contribution is 1.37. The van der Waals surface area contributed by atoms with Crippen LogP contribution in [0.15, 0.2) is 30.9 Å². The zero-order valence-electron chi connectivity index (χ0n) is 5.65. The second kappa shape index (κ2) is 4.21. The molecule has 0 unspecified atom stereocenters. The molecule has 0 saturated heterocycles. The highest BCUT2D eigenvalue weighted by molar-refractivity contribution is 5.85. The summed E-state index contributed by atoms with van der Waals surface area (Å²) in [5.74, 6) is 0. The van der Waals surface area contributed by atoms with Crippen LogP contribution < -0.4 is 0 Å². The summed E-state index contributed by atoms with van der Waals surface area (Å²) in [6, 6.07) is 1.98. The Hall–Kier alpha value is -0.730. The van der Waals surface area contributed by atoms with Gasteiger partial charge in [0.05, 0.1) is 0 Å². The average molecular weight is 191 g/mol. The van der Waals surface area contributed by atoms with Gasteiger partial charge in [-0.2, -0.15) is 0 Å². The molecule has 0 spiro atoms. The summed E-state index contributed by atoms with van der Waals surface area (Å²) < 4.78 is 0. The van der Waals surface area contributed by atoms with Crippen molar-refractivity contribution in [3.05, 3.63) is 30.9 Å². The standard InChI is InChI=1S/C7H6N2.2ClH/c1-2-8-4-7-5-9-3-6(1)7;;/h1-5,9H;2*1H. The van der Waals surface area contributed by atoms with Gasteiger partial charge in [-0.05, 0) is 6.07 Å². The van der Waals surface area contributed by atoms with E-state index in [1.807, 2.05) is 24.7 Å². The van der Waals surface area contributed by atoms with Crippen molar-refractivity contribution < 1.29 is 0 Å². The van der Waals surface area contributed by atoms with Crippen LogP contribution in [-0.4, -0.2) is 9.97 Å². The number of nitrogens with one attached hydrogen (secondary N) is 1. The molecule has 2 nitrogen and oxygen atoms in total. The van der Waals surface area contributed by atoms with Gasteiger partial charge in [-0.15, -0.1) is 24.8 Å². The van der Waals surface area contributed by atoms with Gasteiger partial charge in [0, 0.05) is 35.6 Å². The van der Waals surface area contributed by atoms with Gasteiger partial charge in [-0.3, -0.25) is 4.98 Å². The molecule has 0 fully saturated rings. The second-order valence-corrected chi connectivity index (χ2v) is 1.96. The van der Waals surface area contributed by atoms with Gasteiger partial charge in [-0.25, -0.2) is 0 Å². The zero-order valence-corrected chi connectivity index (χ0v) is 7.28. The summed E-state index contributed by atoms with van der Waals surface area (Å²) in [4.78, 5) is 6.96. The maximum Gasteiger partial charge on any atom is 0.0361 e. The molecule has 11 heavy (non-hydrogen) atoms. The SMILES string of the molecule is Cl.Cl.c1cc2c[nH]cc2cn1. The van der Waals surface area contributed by atoms with Crippen molar-refractivity contribution in [1.82, 2.24) is 9.97 Å². The first-order valence-corrected chi connectivity index (χ1v) is 2.83. The van der Waals surface area contributed by atoms with Crippen LogP contribution in [0.25, 0.3) is 10.8 Å². The fourth-order valence-corrected chi connectivity index (χ4v) is 0.891. The lowest BCUT2D eigenvalue weighted by Crippen LogP contribution is -1.65. The van der Waals surface area contributed by atoms with Gasteiger partial charge in [0.15, 0.2) is 0 Å². The van der Waals surface area contributed by atoms with E-state index in [-0.39, 0.29) is 24.8 Å². The molecule has 2 rings (SSSR count). The van der Waals surface area contributed by atoms with Crippen LogP contribution in [0.2, 0.25) is 0 Å². The van der Waals surface area contributed by atoms with Crippen molar-refractivity contribution in [1.29, 1.82) is 0 Å².